The van der Waals surface area contributed by atoms with E-state index in [9.17, 15) is 0 Å². The zero-order valence-corrected chi connectivity index (χ0v) is 16.8. The van der Waals surface area contributed by atoms with Crippen LogP contribution < -0.4 is 5.32 Å². The Morgan fingerprint density at radius 1 is 1.04 bits per heavy atom. The Bertz CT molecular complexity index is 816. The molecule has 26 heavy (non-hydrogen) atoms. The Morgan fingerprint density at radius 2 is 1.73 bits per heavy atom. The maximum Gasteiger partial charge on any atom is 0.0896 e. The van der Waals surface area contributed by atoms with Gasteiger partial charge in [-0.1, -0.05) is 55.8 Å². The van der Waals surface area contributed by atoms with Crippen molar-refractivity contribution in [1.29, 1.82) is 0 Å². The summed E-state index contributed by atoms with van der Waals surface area (Å²) in [5.41, 5.74) is 3.78. The van der Waals surface area contributed by atoms with E-state index in [1.54, 1.807) is 0 Å². The fourth-order valence-corrected chi connectivity index (χ4v) is 4.29. The van der Waals surface area contributed by atoms with E-state index in [-0.39, 0.29) is 0 Å². The minimum Gasteiger partial charge on any atom is -0.313 e. The molecule has 5 heteroatoms. The molecule has 0 saturated heterocycles. The minimum absolute atomic E-state index is 0.492. The number of fused-ring (bicyclic) bond motifs is 1. The lowest BCUT2D eigenvalue weighted by atomic mass is 10.1. The highest BCUT2D eigenvalue weighted by Gasteiger charge is 2.18. The number of rotatable bonds is 6. The van der Waals surface area contributed by atoms with Crippen molar-refractivity contribution in [2.45, 2.75) is 32.7 Å². The molecule has 0 amide bonds. The Hall–Kier alpha value is -1.62. The quantitative estimate of drug-likeness (QED) is 0.660. The number of nitrogens with zero attached hydrogens (tertiary/aromatic N) is 2. The van der Waals surface area contributed by atoms with E-state index in [2.05, 4.69) is 19.2 Å². The first-order valence-corrected chi connectivity index (χ1v) is 10.4. The number of hydrogen-bond acceptors (Lipinski definition) is 4. The lowest BCUT2D eigenvalue weighted by Crippen LogP contribution is -2.30. The van der Waals surface area contributed by atoms with Crippen LogP contribution in [0.25, 0.3) is 0 Å². The molecule has 2 aromatic carbocycles. The number of thioether (sulfide) groups is 1. The summed E-state index contributed by atoms with van der Waals surface area (Å²) in [5.74, 6) is 1.00. The largest absolute Gasteiger partial charge is 0.313 e. The van der Waals surface area contributed by atoms with Crippen molar-refractivity contribution in [3.05, 3.63) is 59.1 Å². The summed E-state index contributed by atoms with van der Waals surface area (Å²) in [6, 6.07) is 16.4. The number of aliphatic imine (C=N–C) groups is 2. The minimum atomic E-state index is 0.492. The molecule has 0 bridgehead atoms. The number of nitrogens with one attached hydrogen (secondary N) is 1. The smallest absolute Gasteiger partial charge is 0.0896 e. The summed E-state index contributed by atoms with van der Waals surface area (Å²) in [4.78, 5) is 9.80. The molecule has 136 valence electrons. The van der Waals surface area contributed by atoms with Gasteiger partial charge in [-0.25, -0.2) is 4.99 Å². The van der Waals surface area contributed by atoms with Crippen LogP contribution in [0.2, 0.25) is 5.02 Å². The average Bonchev–Trinajstić information content (AvgIpc) is 2.84. The van der Waals surface area contributed by atoms with Crippen molar-refractivity contribution >= 4 is 45.5 Å². The first kappa shape index (κ1) is 19.2. The van der Waals surface area contributed by atoms with Gasteiger partial charge in [0.15, 0.2) is 0 Å². The molecule has 1 unspecified atom stereocenters. The fourth-order valence-electron chi connectivity index (χ4n) is 2.90. The monoisotopic (exact) mass is 385 g/mol. The molecule has 3 nitrogen and oxygen atoms in total. The molecule has 0 radical (unpaired) electrons. The van der Waals surface area contributed by atoms with Gasteiger partial charge in [0.1, 0.15) is 0 Å². The molecular formula is C21H24ClN3S. The van der Waals surface area contributed by atoms with Crippen molar-refractivity contribution in [2.24, 2.45) is 9.98 Å². The maximum atomic E-state index is 6.44. The molecule has 0 aromatic heterocycles. The molecular weight excluding hydrogens is 362 g/mol. The van der Waals surface area contributed by atoms with E-state index in [1.165, 1.54) is 0 Å². The normalized spacial score (nSPS) is 14.9. The highest BCUT2D eigenvalue weighted by atomic mass is 35.5. The molecule has 0 spiro atoms. The third-order valence-electron chi connectivity index (χ3n) is 4.32. The van der Waals surface area contributed by atoms with Crippen LogP contribution >= 0.6 is 23.4 Å². The second-order valence-corrected chi connectivity index (χ2v) is 7.68. The third kappa shape index (κ3) is 4.76. The number of para-hydroxylation sites is 2. The van der Waals surface area contributed by atoms with Crippen LogP contribution in [-0.4, -0.2) is 29.1 Å². The molecule has 1 N–H and O–H groups in total. The van der Waals surface area contributed by atoms with Crippen molar-refractivity contribution in [3.8, 4) is 0 Å². The van der Waals surface area contributed by atoms with Crippen molar-refractivity contribution in [3.63, 3.8) is 0 Å². The van der Waals surface area contributed by atoms with Crippen LogP contribution in [0.1, 0.15) is 32.3 Å². The van der Waals surface area contributed by atoms with Crippen LogP contribution in [0.15, 0.2) is 58.5 Å². The summed E-state index contributed by atoms with van der Waals surface area (Å²) >= 11 is 8.25. The standard InChI is InChI=1S/C21H24ClN3S/c1-3-15(23-4-2)14-26-21-13-20(16-9-5-6-10-17(16)22)24-18-11-7-8-12-19(18)25-21/h5-12,15,23H,3-4,13-14H2,1-2H3. The fraction of sp³-hybridized carbons (Fsp3) is 0.333. The molecule has 3 rings (SSSR count). The number of halogens is 1. The van der Waals surface area contributed by atoms with Crippen LogP contribution in [0.4, 0.5) is 11.4 Å². The van der Waals surface area contributed by atoms with E-state index in [0.717, 1.165) is 51.4 Å². The van der Waals surface area contributed by atoms with E-state index in [1.807, 2.05) is 60.3 Å². The highest BCUT2D eigenvalue weighted by molar-refractivity contribution is 8.14. The lowest BCUT2D eigenvalue weighted by molar-refractivity contribution is 0.561. The Morgan fingerprint density at radius 3 is 2.42 bits per heavy atom. The van der Waals surface area contributed by atoms with Gasteiger partial charge in [-0.15, -0.1) is 11.8 Å². The van der Waals surface area contributed by atoms with Gasteiger partial charge in [-0.05, 0) is 31.2 Å². The van der Waals surface area contributed by atoms with Crippen molar-refractivity contribution in [1.82, 2.24) is 5.32 Å². The molecule has 0 aliphatic carbocycles. The first-order valence-electron chi connectivity index (χ1n) is 9.06. The highest BCUT2D eigenvalue weighted by Crippen LogP contribution is 2.34. The van der Waals surface area contributed by atoms with Gasteiger partial charge in [0, 0.05) is 28.8 Å². The summed E-state index contributed by atoms with van der Waals surface area (Å²) in [5, 5.41) is 5.35. The van der Waals surface area contributed by atoms with Gasteiger partial charge in [0.05, 0.1) is 22.1 Å². The van der Waals surface area contributed by atoms with Crippen molar-refractivity contribution < 1.29 is 0 Å². The van der Waals surface area contributed by atoms with Gasteiger partial charge in [-0.2, -0.15) is 0 Å². The first-order chi connectivity index (χ1) is 12.7. The van der Waals surface area contributed by atoms with Gasteiger partial charge < -0.3 is 5.32 Å². The summed E-state index contributed by atoms with van der Waals surface area (Å²) < 4.78 is 0. The zero-order valence-electron chi connectivity index (χ0n) is 15.2. The third-order valence-corrected chi connectivity index (χ3v) is 5.79. The molecule has 2 aromatic rings. The van der Waals surface area contributed by atoms with Crippen LogP contribution in [0.3, 0.4) is 0 Å². The van der Waals surface area contributed by atoms with Gasteiger partial charge in [0.2, 0.25) is 0 Å². The SMILES string of the molecule is CCNC(CC)CSC1=Nc2ccccc2N=C(c2ccccc2Cl)C1. The number of benzene rings is 2. The second kappa shape index (κ2) is 9.36. The number of hydrogen-bond donors (Lipinski definition) is 1. The van der Waals surface area contributed by atoms with Crippen LogP contribution in [0, 0.1) is 0 Å². The molecule has 0 fully saturated rings. The molecule has 0 saturated carbocycles. The van der Waals surface area contributed by atoms with E-state index < -0.39 is 0 Å². The van der Waals surface area contributed by atoms with Crippen LogP contribution in [-0.2, 0) is 0 Å². The van der Waals surface area contributed by atoms with E-state index in [4.69, 9.17) is 21.6 Å². The van der Waals surface area contributed by atoms with Gasteiger partial charge in [-0.3, -0.25) is 4.99 Å². The summed E-state index contributed by atoms with van der Waals surface area (Å²) in [7, 11) is 0. The molecule has 1 atom stereocenters. The average molecular weight is 386 g/mol. The summed E-state index contributed by atoms with van der Waals surface area (Å²) in [6.45, 7) is 5.35. The second-order valence-electron chi connectivity index (χ2n) is 6.18. The predicted molar refractivity (Wildman–Crippen MR) is 116 cm³/mol. The molecule has 1 aliphatic heterocycles. The summed E-state index contributed by atoms with van der Waals surface area (Å²) in [6.07, 6.45) is 1.81. The molecule has 1 heterocycles. The maximum absolute atomic E-state index is 6.44. The topological polar surface area (TPSA) is 36.8 Å². The zero-order chi connectivity index (χ0) is 18.4. The Balaban J connectivity index is 1.91. The van der Waals surface area contributed by atoms with Crippen LogP contribution in [0.5, 0.6) is 0 Å². The van der Waals surface area contributed by atoms with Crippen molar-refractivity contribution in [2.75, 3.05) is 12.3 Å². The Kier molecular flexibility index (Phi) is 6.89. The molecule has 1 aliphatic rings. The predicted octanol–water partition coefficient (Wildman–Crippen LogP) is 6.02. The van der Waals surface area contributed by atoms with E-state index >= 15 is 0 Å². The van der Waals surface area contributed by atoms with Gasteiger partial charge in [0.25, 0.3) is 0 Å². The lowest BCUT2D eigenvalue weighted by Gasteiger charge is -2.16. The van der Waals surface area contributed by atoms with E-state index in [0.29, 0.717) is 12.5 Å². The van der Waals surface area contributed by atoms with Gasteiger partial charge >= 0.3 is 0 Å². The Labute approximate surface area is 165 Å².